The summed E-state index contributed by atoms with van der Waals surface area (Å²) in [7, 11) is 3.24. The quantitative estimate of drug-likeness (QED) is 0.461. The first kappa shape index (κ1) is 17.5. The lowest BCUT2D eigenvalue weighted by Crippen LogP contribution is -2.00. The van der Waals surface area contributed by atoms with Crippen molar-refractivity contribution in [2.24, 2.45) is 0 Å². The fraction of sp³-hybridized carbons (Fsp3) is 0.0870. The zero-order valence-electron chi connectivity index (χ0n) is 14.8. The lowest BCUT2D eigenvalue weighted by molar-refractivity contribution is 0.103. The molecule has 26 heavy (non-hydrogen) atoms. The van der Waals surface area contributed by atoms with Crippen LogP contribution in [0.25, 0.3) is 12.2 Å². The SMILES string of the molecule is COc1ccc(C=Cc2ccc(C(=O)c3ccccc3)cc2)cc1OC. The summed E-state index contributed by atoms with van der Waals surface area (Å²) in [6.45, 7) is 0. The first-order valence-corrected chi connectivity index (χ1v) is 8.31. The molecular formula is C23H20O3. The minimum atomic E-state index is 0.0287. The third kappa shape index (κ3) is 4.01. The molecule has 0 saturated carbocycles. The Labute approximate surface area is 153 Å². The van der Waals surface area contributed by atoms with Gasteiger partial charge in [0.2, 0.25) is 0 Å². The third-order valence-corrected chi connectivity index (χ3v) is 4.08. The predicted octanol–water partition coefficient (Wildman–Crippen LogP) is 5.11. The van der Waals surface area contributed by atoms with Gasteiger partial charge in [0, 0.05) is 11.1 Å². The van der Waals surface area contributed by atoms with Gasteiger partial charge in [-0.2, -0.15) is 0 Å². The van der Waals surface area contributed by atoms with Crippen molar-refractivity contribution in [2.45, 2.75) is 0 Å². The van der Waals surface area contributed by atoms with E-state index in [9.17, 15) is 4.79 Å². The van der Waals surface area contributed by atoms with E-state index in [0.29, 0.717) is 22.6 Å². The van der Waals surface area contributed by atoms with E-state index in [1.54, 1.807) is 14.2 Å². The largest absolute Gasteiger partial charge is 0.493 e. The Kier molecular flexibility index (Phi) is 5.49. The molecule has 3 aromatic rings. The van der Waals surface area contributed by atoms with Crippen LogP contribution in [-0.4, -0.2) is 20.0 Å². The average molecular weight is 344 g/mol. The van der Waals surface area contributed by atoms with Crippen LogP contribution in [0.2, 0.25) is 0 Å². The number of methoxy groups -OCH3 is 2. The topological polar surface area (TPSA) is 35.5 Å². The summed E-state index contributed by atoms with van der Waals surface area (Å²) in [4.78, 5) is 12.4. The molecule has 3 aromatic carbocycles. The number of ether oxygens (including phenoxy) is 2. The molecule has 0 aromatic heterocycles. The zero-order chi connectivity index (χ0) is 18.4. The van der Waals surface area contributed by atoms with Gasteiger partial charge in [-0.1, -0.05) is 72.8 Å². The van der Waals surface area contributed by atoms with Gasteiger partial charge in [-0.3, -0.25) is 4.79 Å². The molecular weight excluding hydrogens is 324 g/mol. The van der Waals surface area contributed by atoms with E-state index in [1.165, 1.54) is 0 Å². The smallest absolute Gasteiger partial charge is 0.193 e. The van der Waals surface area contributed by atoms with Gasteiger partial charge in [-0.25, -0.2) is 0 Å². The van der Waals surface area contributed by atoms with Crippen molar-refractivity contribution in [2.75, 3.05) is 14.2 Å². The number of hydrogen-bond acceptors (Lipinski definition) is 3. The maximum absolute atomic E-state index is 12.4. The summed E-state index contributed by atoms with van der Waals surface area (Å²) < 4.78 is 10.6. The molecule has 3 rings (SSSR count). The van der Waals surface area contributed by atoms with Gasteiger partial charge >= 0.3 is 0 Å². The van der Waals surface area contributed by atoms with Crippen molar-refractivity contribution in [3.05, 3.63) is 95.1 Å². The van der Waals surface area contributed by atoms with Crippen LogP contribution < -0.4 is 9.47 Å². The summed E-state index contributed by atoms with van der Waals surface area (Å²) in [6, 6.07) is 22.6. The summed E-state index contributed by atoms with van der Waals surface area (Å²) in [5.74, 6) is 1.42. The fourth-order valence-corrected chi connectivity index (χ4v) is 2.65. The molecule has 0 radical (unpaired) electrons. The highest BCUT2D eigenvalue weighted by Crippen LogP contribution is 2.28. The molecule has 0 bridgehead atoms. The van der Waals surface area contributed by atoms with Gasteiger partial charge < -0.3 is 9.47 Å². The maximum atomic E-state index is 12.4. The van der Waals surface area contributed by atoms with E-state index < -0.39 is 0 Å². The second kappa shape index (κ2) is 8.17. The first-order valence-electron chi connectivity index (χ1n) is 8.31. The zero-order valence-corrected chi connectivity index (χ0v) is 14.8. The molecule has 0 heterocycles. The van der Waals surface area contributed by atoms with E-state index in [1.807, 2.05) is 84.9 Å². The molecule has 130 valence electrons. The lowest BCUT2D eigenvalue weighted by atomic mass is 10.0. The Morgan fingerprint density at radius 1 is 0.692 bits per heavy atom. The molecule has 0 aliphatic heterocycles. The van der Waals surface area contributed by atoms with Gasteiger partial charge in [0.15, 0.2) is 17.3 Å². The van der Waals surface area contributed by atoms with Crippen molar-refractivity contribution in [3.63, 3.8) is 0 Å². The number of benzene rings is 3. The van der Waals surface area contributed by atoms with Crippen molar-refractivity contribution in [1.29, 1.82) is 0 Å². The van der Waals surface area contributed by atoms with Gasteiger partial charge in [-0.15, -0.1) is 0 Å². The second-order valence-electron chi connectivity index (χ2n) is 5.76. The standard InChI is InChI=1S/C23H20O3/c1-25-21-15-12-18(16-22(21)26-2)9-8-17-10-13-20(14-11-17)23(24)19-6-4-3-5-7-19/h3-16H,1-2H3. The van der Waals surface area contributed by atoms with Crippen LogP contribution >= 0.6 is 0 Å². The minimum absolute atomic E-state index is 0.0287. The molecule has 0 aliphatic carbocycles. The van der Waals surface area contributed by atoms with Crippen LogP contribution in [0.15, 0.2) is 72.8 Å². The predicted molar refractivity (Wildman–Crippen MR) is 105 cm³/mol. The van der Waals surface area contributed by atoms with E-state index in [-0.39, 0.29) is 5.78 Å². The maximum Gasteiger partial charge on any atom is 0.193 e. The highest BCUT2D eigenvalue weighted by molar-refractivity contribution is 6.09. The molecule has 0 spiro atoms. The van der Waals surface area contributed by atoms with Crippen LogP contribution in [0.3, 0.4) is 0 Å². The van der Waals surface area contributed by atoms with E-state index in [0.717, 1.165) is 11.1 Å². The van der Waals surface area contributed by atoms with Crippen molar-refractivity contribution < 1.29 is 14.3 Å². The van der Waals surface area contributed by atoms with Gasteiger partial charge in [0.1, 0.15) is 0 Å². The molecule has 0 saturated heterocycles. The Bertz CT molecular complexity index is 910. The minimum Gasteiger partial charge on any atom is -0.493 e. The number of carbonyl (C=O) groups is 1. The van der Waals surface area contributed by atoms with Gasteiger partial charge in [-0.05, 0) is 23.3 Å². The molecule has 0 unspecified atom stereocenters. The first-order chi connectivity index (χ1) is 12.7. The van der Waals surface area contributed by atoms with Gasteiger partial charge in [0.25, 0.3) is 0 Å². The van der Waals surface area contributed by atoms with E-state index in [2.05, 4.69) is 0 Å². The lowest BCUT2D eigenvalue weighted by Gasteiger charge is -2.07. The van der Waals surface area contributed by atoms with Crippen LogP contribution in [-0.2, 0) is 0 Å². The van der Waals surface area contributed by atoms with Crippen LogP contribution in [0.5, 0.6) is 11.5 Å². The Morgan fingerprint density at radius 2 is 1.27 bits per heavy atom. The summed E-state index contributed by atoms with van der Waals surface area (Å²) in [5, 5.41) is 0. The normalized spacial score (nSPS) is 10.7. The van der Waals surface area contributed by atoms with Crippen LogP contribution in [0.4, 0.5) is 0 Å². The monoisotopic (exact) mass is 344 g/mol. The molecule has 0 N–H and O–H groups in total. The number of carbonyl (C=O) groups excluding carboxylic acids is 1. The summed E-state index contributed by atoms with van der Waals surface area (Å²) >= 11 is 0. The second-order valence-corrected chi connectivity index (χ2v) is 5.76. The molecule has 0 atom stereocenters. The number of hydrogen-bond donors (Lipinski definition) is 0. The molecule has 0 fully saturated rings. The third-order valence-electron chi connectivity index (χ3n) is 4.08. The molecule has 3 nitrogen and oxygen atoms in total. The van der Waals surface area contributed by atoms with Crippen LogP contribution in [0, 0.1) is 0 Å². The highest BCUT2D eigenvalue weighted by atomic mass is 16.5. The van der Waals surface area contributed by atoms with Crippen LogP contribution in [0.1, 0.15) is 27.0 Å². The van der Waals surface area contributed by atoms with Crippen molar-refractivity contribution >= 4 is 17.9 Å². The fourth-order valence-electron chi connectivity index (χ4n) is 2.65. The molecule has 0 amide bonds. The summed E-state index contributed by atoms with van der Waals surface area (Å²) in [6.07, 6.45) is 3.99. The van der Waals surface area contributed by atoms with Crippen molar-refractivity contribution in [1.82, 2.24) is 0 Å². The highest BCUT2D eigenvalue weighted by Gasteiger charge is 2.07. The van der Waals surface area contributed by atoms with Crippen molar-refractivity contribution in [3.8, 4) is 11.5 Å². The van der Waals surface area contributed by atoms with E-state index >= 15 is 0 Å². The molecule has 0 aliphatic rings. The number of rotatable bonds is 6. The Hall–Kier alpha value is -3.33. The average Bonchev–Trinajstić information content (AvgIpc) is 2.72. The molecule has 3 heteroatoms. The summed E-state index contributed by atoms with van der Waals surface area (Å²) in [5.41, 5.74) is 3.40. The number of ketones is 1. The van der Waals surface area contributed by atoms with Gasteiger partial charge in [0.05, 0.1) is 14.2 Å². The Morgan fingerprint density at radius 3 is 1.92 bits per heavy atom. The Balaban J connectivity index is 1.75. The van der Waals surface area contributed by atoms with E-state index in [4.69, 9.17) is 9.47 Å².